The minimum atomic E-state index is -1.34. The molecule has 43 heavy (non-hydrogen) atoms. The Morgan fingerprint density at radius 1 is 0.488 bits per heavy atom. The van der Waals surface area contributed by atoms with Crippen LogP contribution in [0.15, 0.2) is 0 Å². The summed E-state index contributed by atoms with van der Waals surface area (Å²) in [6.07, 6.45) is 29.9. The number of aliphatic hydroxyl groups excluding tert-OH is 1. The lowest BCUT2D eigenvalue weighted by molar-refractivity contribution is -0.166. The van der Waals surface area contributed by atoms with Crippen LogP contribution in [0.3, 0.4) is 0 Å². The van der Waals surface area contributed by atoms with Gasteiger partial charge in [-0.05, 0) is 19.8 Å². The van der Waals surface area contributed by atoms with Crippen molar-refractivity contribution in [1.82, 2.24) is 0 Å². The van der Waals surface area contributed by atoms with Gasteiger partial charge in [0.1, 0.15) is 12.7 Å². The third-order valence-electron chi connectivity index (χ3n) is 8.39. The smallest absolute Gasteiger partial charge is 0.306 e. The predicted octanol–water partition coefficient (Wildman–Crippen LogP) is 10.4. The number of carbonyl (C=O) groups is 3. The van der Waals surface area contributed by atoms with Crippen molar-refractivity contribution >= 4 is 17.7 Å². The molecule has 0 saturated heterocycles. The Balaban J connectivity index is 3.78. The van der Waals surface area contributed by atoms with Crippen LogP contribution >= 0.6 is 0 Å². The fraction of sp³-hybridized carbons (Fsp3) is 0.919. The van der Waals surface area contributed by atoms with Crippen LogP contribution in [0.1, 0.15) is 201 Å². The highest BCUT2D eigenvalue weighted by molar-refractivity contribution is 5.84. The van der Waals surface area contributed by atoms with E-state index in [1.54, 1.807) is 0 Å². The van der Waals surface area contributed by atoms with E-state index in [9.17, 15) is 19.5 Å². The normalized spacial score (nSPS) is 12.7. The number of ether oxygens (including phenoxy) is 2. The molecule has 1 N–H and O–H groups in total. The Bertz CT molecular complexity index is 649. The number of hydrogen-bond acceptors (Lipinski definition) is 6. The third kappa shape index (κ3) is 29.1. The number of rotatable bonds is 33. The van der Waals surface area contributed by atoms with Gasteiger partial charge >= 0.3 is 11.9 Å². The van der Waals surface area contributed by atoms with Crippen LogP contribution in [0.25, 0.3) is 0 Å². The lowest BCUT2D eigenvalue weighted by atomic mass is 10.0. The minimum Gasteiger partial charge on any atom is -0.463 e. The molecule has 6 nitrogen and oxygen atoms in total. The molecule has 0 bridgehead atoms. The van der Waals surface area contributed by atoms with E-state index in [-0.39, 0.29) is 19.0 Å². The standard InChI is InChI=1S/C37H70O6/c1-4-6-8-10-12-14-16-18-20-22-24-26-28-30-35(40)42-32-34(39)37(33(3)38)43-36(41)31-29-27-25-23-21-19-17-15-13-11-9-7-5-2/h34,37,39H,4-32H2,1-3H3. The summed E-state index contributed by atoms with van der Waals surface area (Å²) in [4.78, 5) is 36.3. The van der Waals surface area contributed by atoms with Gasteiger partial charge in [0.25, 0.3) is 0 Å². The number of carbonyl (C=O) groups excluding carboxylic acids is 3. The first-order valence-electron chi connectivity index (χ1n) is 18.5. The summed E-state index contributed by atoms with van der Waals surface area (Å²) in [7, 11) is 0. The maximum Gasteiger partial charge on any atom is 0.306 e. The maximum absolute atomic E-state index is 12.3. The van der Waals surface area contributed by atoms with Crippen LogP contribution in [0.4, 0.5) is 0 Å². The van der Waals surface area contributed by atoms with Gasteiger partial charge in [-0.1, -0.05) is 168 Å². The van der Waals surface area contributed by atoms with Crippen LogP contribution in [0.2, 0.25) is 0 Å². The van der Waals surface area contributed by atoms with E-state index in [4.69, 9.17) is 9.47 Å². The van der Waals surface area contributed by atoms with Gasteiger partial charge in [0, 0.05) is 12.8 Å². The highest BCUT2D eigenvalue weighted by atomic mass is 16.6. The summed E-state index contributed by atoms with van der Waals surface area (Å²) in [6, 6.07) is 0. The van der Waals surface area contributed by atoms with E-state index in [0.717, 1.165) is 32.1 Å². The summed E-state index contributed by atoms with van der Waals surface area (Å²) in [5.74, 6) is -1.32. The summed E-state index contributed by atoms with van der Waals surface area (Å²) >= 11 is 0. The molecule has 0 heterocycles. The van der Waals surface area contributed by atoms with Crippen molar-refractivity contribution < 1.29 is 29.0 Å². The number of Topliss-reactive ketones (excluding diaryl/α,β-unsaturated/α-hetero) is 1. The van der Waals surface area contributed by atoms with Gasteiger partial charge in [-0.2, -0.15) is 0 Å². The molecule has 0 aromatic carbocycles. The first-order chi connectivity index (χ1) is 20.9. The second kappa shape index (κ2) is 32.0. The zero-order valence-corrected chi connectivity index (χ0v) is 28.6. The summed E-state index contributed by atoms with van der Waals surface area (Å²) < 4.78 is 10.4. The molecular formula is C37H70O6. The second-order valence-corrected chi connectivity index (χ2v) is 12.8. The number of unbranched alkanes of at least 4 members (excludes halogenated alkanes) is 24. The Hall–Kier alpha value is -1.43. The van der Waals surface area contributed by atoms with E-state index in [1.165, 1.54) is 135 Å². The first kappa shape index (κ1) is 41.6. The van der Waals surface area contributed by atoms with E-state index in [0.29, 0.717) is 12.8 Å². The zero-order chi connectivity index (χ0) is 31.8. The molecule has 0 aliphatic rings. The monoisotopic (exact) mass is 611 g/mol. The summed E-state index contributed by atoms with van der Waals surface area (Å²) in [5.41, 5.74) is 0. The third-order valence-corrected chi connectivity index (χ3v) is 8.39. The Kier molecular flexibility index (Phi) is 30.9. The largest absolute Gasteiger partial charge is 0.463 e. The van der Waals surface area contributed by atoms with Gasteiger partial charge in [0.15, 0.2) is 11.9 Å². The number of ketones is 1. The van der Waals surface area contributed by atoms with E-state index in [2.05, 4.69) is 13.8 Å². The van der Waals surface area contributed by atoms with Crippen molar-refractivity contribution in [2.24, 2.45) is 0 Å². The molecule has 0 radical (unpaired) electrons. The van der Waals surface area contributed by atoms with Crippen molar-refractivity contribution in [2.45, 2.75) is 213 Å². The van der Waals surface area contributed by atoms with Gasteiger partial charge < -0.3 is 14.6 Å². The molecule has 0 aliphatic heterocycles. The summed E-state index contributed by atoms with van der Waals surface area (Å²) in [6.45, 7) is 5.44. The van der Waals surface area contributed by atoms with Gasteiger partial charge in [-0.3, -0.25) is 14.4 Å². The van der Waals surface area contributed by atoms with E-state index >= 15 is 0 Å². The van der Waals surface area contributed by atoms with Crippen molar-refractivity contribution in [3.05, 3.63) is 0 Å². The SMILES string of the molecule is CCCCCCCCCCCCCCCC(=O)OCC(O)C(OC(=O)CCCCCCCCCCCCCCC)C(C)=O. The van der Waals surface area contributed by atoms with Gasteiger partial charge in [-0.15, -0.1) is 0 Å². The first-order valence-corrected chi connectivity index (χ1v) is 18.5. The Morgan fingerprint density at radius 2 is 0.791 bits per heavy atom. The molecule has 0 aliphatic carbocycles. The molecule has 0 aromatic heterocycles. The average Bonchev–Trinajstić information content (AvgIpc) is 2.99. The molecule has 0 rings (SSSR count). The van der Waals surface area contributed by atoms with Gasteiger partial charge in [0.2, 0.25) is 0 Å². The van der Waals surface area contributed by atoms with Gasteiger partial charge in [0.05, 0.1) is 0 Å². The molecule has 0 spiro atoms. The highest BCUT2D eigenvalue weighted by Gasteiger charge is 2.28. The fourth-order valence-electron chi connectivity index (χ4n) is 5.55. The van der Waals surface area contributed by atoms with E-state index < -0.39 is 24.0 Å². The second-order valence-electron chi connectivity index (χ2n) is 12.8. The zero-order valence-electron chi connectivity index (χ0n) is 28.6. The number of hydrogen-bond donors (Lipinski definition) is 1. The average molecular weight is 611 g/mol. The molecule has 0 amide bonds. The minimum absolute atomic E-state index is 0.229. The van der Waals surface area contributed by atoms with Gasteiger partial charge in [-0.25, -0.2) is 0 Å². The maximum atomic E-state index is 12.3. The van der Waals surface area contributed by atoms with Crippen LogP contribution in [-0.2, 0) is 23.9 Å². The van der Waals surface area contributed by atoms with Crippen molar-refractivity contribution in [2.75, 3.05) is 6.61 Å². The molecular weight excluding hydrogens is 540 g/mol. The molecule has 0 saturated carbocycles. The Morgan fingerprint density at radius 3 is 1.12 bits per heavy atom. The molecule has 2 unspecified atom stereocenters. The fourth-order valence-corrected chi connectivity index (χ4v) is 5.55. The molecule has 0 aromatic rings. The highest BCUT2D eigenvalue weighted by Crippen LogP contribution is 2.15. The molecule has 254 valence electrons. The van der Waals surface area contributed by atoms with Crippen LogP contribution < -0.4 is 0 Å². The van der Waals surface area contributed by atoms with Crippen molar-refractivity contribution in [3.8, 4) is 0 Å². The van der Waals surface area contributed by atoms with Crippen molar-refractivity contribution in [3.63, 3.8) is 0 Å². The lowest BCUT2D eigenvalue weighted by Crippen LogP contribution is -2.40. The lowest BCUT2D eigenvalue weighted by Gasteiger charge is -2.20. The van der Waals surface area contributed by atoms with Crippen molar-refractivity contribution in [1.29, 1.82) is 0 Å². The van der Waals surface area contributed by atoms with Crippen LogP contribution in [0, 0.1) is 0 Å². The molecule has 2 atom stereocenters. The quantitative estimate of drug-likeness (QED) is 0.0587. The molecule has 0 fully saturated rings. The number of aliphatic hydroxyl groups is 1. The predicted molar refractivity (Wildman–Crippen MR) is 178 cm³/mol. The van der Waals surface area contributed by atoms with Crippen LogP contribution in [-0.4, -0.2) is 41.6 Å². The van der Waals surface area contributed by atoms with E-state index in [1.807, 2.05) is 0 Å². The Labute approximate surface area is 265 Å². The topological polar surface area (TPSA) is 89.9 Å². The summed E-state index contributed by atoms with van der Waals surface area (Å²) in [5, 5.41) is 10.4. The molecule has 6 heteroatoms. The van der Waals surface area contributed by atoms with Crippen LogP contribution in [0.5, 0.6) is 0 Å². The number of esters is 2.